The second-order valence-corrected chi connectivity index (χ2v) is 9.04. The van der Waals surface area contributed by atoms with Crippen LogP contribution in [0.25, 0.3) is 11.1 Å². The van der Waals surface area contributed by atoms with Gasteiger partial charge >= 0.3 is 0 Å². The van der Waals surface area contributed by atoms with Crippen LogP contribution in [0.5, 0.6) is 0 Å². The van der Waals surface area contributed by atoms with Gasteiger partial charge in [0.25, 0.3) is 0 Å². The molecule has 0 saturated heterocycles. The van der Waals surface area contributed by atoms with Crippen LogP contribution < -0.4 is 0 Å². The molecule has 0 unspecified atom stereocenters. The van der Waals surface area contributed by atoms with Crippen molar-refractivity contribution in [3.05, 3.63) is 59.2 Å². The minimum Gasteiger partial charge on any atom is -0.192 e. The van der Waals surface area contributed by atoms with E-state index in [1.807, 2.05) is 12.1 Å². The van der Waals surface area contributed by atoms with Crippen LogP contribution in [-0.2, 0) is 6.42 Å². The van der Waals surface area contributed by atoms with Crippen LogP contribution in [-0.4, -0.2) is 0 Å². The number of nitriles is 1. The molecule has 0 bridgehead atoms. The number of aryl methyl sites for hydroxylation is 1. The van der Waals surface area contributed by atoms with Crippen molar-refractivity contribution in [3.8, 4) is 17.2 Å². The van der Waals surface area contributed by atoms with Crippen LogP contribution in [0.4, 0.5) is 0 Å². The molecule has 1 fully saturated rings. The Hall–Kier alpha value is -2.07. The second kappa shape index (κ2) is 8.95. The van der Waals surface area contributed by atoms with Crippen molar-refractivity contribution < 1.29 is 0 Å². The van der Waals surface area contributed by atoms with E-state index < -0.39 is 0 Å². The Morgan fingerprint density at radius 3 is 2.54 bits per heavy atom. The van der Waals surface area contributed by atoms with Crippen LogP contribution in [0.15, 0.2) is 42.5 Å². The number of hydrogen-bond donors (Lipinski definition) is 0. The molecule has 2 aromatic carbocycles. The molecule has 0 aliphatic heterocycles. The highest BCUT2D eigenvalue weighted by Gasteiger charge is 2.34. The first-order chi connectivity index (χ1) is 13.8. The summed E-state index contributed by atoms with van der Waals surface area (Å²) in [5.41, 5.74) is 6.46. The molecule has 4 rings (SSSR count). The van der Waals surface area contributed by atoms with E-state index in [-0.39, 0.29) is 0 Å². The summed E-state index contributed by atoms with van der Waals surface area (Å²) in [5.74, 6) is 2.70. The van der Waals surface area contributed by atoms with Gasteiger partial charge in [0.15, 0.2) is 0 Å². The lowest BCUT2D eigenvalue weighted by atomic mass is 9.64. The summed E-state index contributed by atoms with van der Waals surface area (Å²) in [5, 5.41) is 9.01. The lowest BCUT2D eigenvalue weighted by Gasteiger charge is -2.41. The Morgan fingerprint density at radius 1 is 0.929 bits per heavy atom. The zero-order chi connectivity index (χ0) is 19.3. The number of fused-ring (bicyclic) bond motifs is 3. The Bertz CT molecular complexity index is 826. The van der Waals surface area contributed by atoms with Gasteiger partial charge in [0.1, 0.15) is 0 Å². The fourth-order valence-corrected chi connectivity index (χ4v) is 5.65. The SMILES string of the molecule is CCCCCC[C@@H]1CC[C@@H]2c3ccc(-c4ccc(C#N)cc4)cc3CC[C@H]2C1. The standard InChI is InChI=1S/C27H33N/c1-2-3-4-5-6-20-9-15-26-24(17-20)12-13-25-18-23(14-16-27(25)26)22-10-7-21(19-28)8-11-22/h7-8,10-11,14,16,18,20,24,26H,2-6,9,12-13,15,17H2,1H3/t20-,24+,26+/m1/s1. The molecule has 0 N–H and O–H groups in total. The number of nitrogens with zero attached hydrogens (tertiary/aromatic N) is 1. The lowest BCUT2D eigenvalue weighted by Crippen LogP contribution is -2.28. The normalized spacial score (nSPS) is 23.5. The second-order valence-electron chi connectivity index (χ2n) is 9.04. The smallest absolute Gasteiger partial charge is 0.0991 e. The van der Waals surface area contributed by atoms with Crippen LogP contribution in [0.2, 0.25) is 0 Å². The highest BCUT2D eigenvalue weighted by Crippen LogP contribution is 2.48. The fourth-order valence-electron chi connectivity index (χ4n) is 5.65. The molecule has 0 heterocycles. The molecular formula is C27H33N. The molecule has 2 aromatic rings. The Balaban J connectivity index is 1.43. The lowest BCUT2D eigenvalue weighted by molar-refractivity contribution is 0.199. The Labute approximate surface area is 170 Å². The highest BCUT2D eigenvalue weighted by molar-refractivity contribution is 5.66. The summed E-state index contributed by atoms with van der Waals surface area (Å²) >= 11 is 0. The Kier molecular flexibility index (Phi) is 6.16. The van der Waals surface area contributed by atoms with Crippen LogP contribution >= 0.6 is 0 Å². The van der Waals surface area contributed by atoms with Gasteiger partial charge in [-0.3, -0.25) is 0 Å². The molecule has 0 spiro atoms. The van der Waals surface area contributed by atoms with Crippen LogP contribution in [0, 0.1) is 23.2 Å². The summed E-state index contributed by atoms with van der Waals surface area (Å²) in [6, 6.07) is 17.4. The molecule has 0 radical (unpaired) electrons. The maximum absolute atomic E-state index is 9.01. The first-order valence-corrected chi connectivity index (χ1v) is 11.4. The highest BCUT2D eigenvalue weighted by atomic mass is 14.4. The molecule has 28 heavy (non-hydrogen) atoms. The van der Waals surface area contributed by atoms with Crippen molar-refractivity contribution in [1.82, 2.24) is 0 Å². The van der Waals surface area contributed by atoms with Gasteiger partial charge in [0.2, 0.25) is 0 Å². The quantitative estimate of drug-likeness (QED) is 0.478. The van der Waals surface area contributed by atoms with Crippen molar-refractivity contribution in [1.29, 1.82) is 5.26 Å². The van der Waals surface area contributed by atoms with E-state index >= 15 is 0 Å². The van der Waals surface area contributed by atoms with E-state index in [0.29, 0.717) is 0 Å². The summed E-state index contributed by atoms with van der Waals surface area (Å²) in [7, 11) is 0. The van der Waals surface area contributed by atoms with Crippen molar-refractivity contribution in [3.63, 3.8) is 0 Å². The van der Waals surface area contributed by atoms with Crippen molar-refractivity contribution in [2.45, 2.75) is 77.0 Å². The predicted molar refractivity (Wildman–Crippen MR) is 117 cm³/mol. The zero-order valence-electron chi connectivity index (χ0n) is 17.3. The fraction of sp³-hybridized carbons (Fsp3) is 0.519. The van der Waals surface area contributed by atoms with Gasteiger partial charge in [-0.1, -0.05) is 69.4 Å². The summed E-state index contributed by atoms with van der Waals surface area (Å²) in [6.07, 6.45) is 14.0. The average Bonchev–Trinajstić information content (AvgIpc) is 2.76. The number of benzene rings is 2. The minimum absolute atomic E-state index is 0.732. The van der Waals surface area contributed by atoms with E-state index in [0.717, 1.165) is 23.3 Å². The monoisotopic (exact) mass is 371 g/mol. The summed E-state index contributed by atoms with van der Waals surface area (Å²) < 4.78 is 0. The van der Waals surface area contributed by atoms with Gasteiger partial charge in [-0.25, -0.2) is 0 Å². The maximum Gasteiger partial charge on any atom is 0.0991 e. The number of rotatable bonds is 6. The number of unbranched alkanes of at least 4 members (excludes halogenated alkanes) is 3. The molecule has 0 amide bonds. The van der Waals surface area contributed by atoms with Gasteiger partial charge in [0.05, 0.1) is 11.6 Å². The molecule has 2 aliphatic rings. The third kappa shape index (κ3) is 4.17. The molecular weight excluding hydrogens is 338 g/mol. The molecule has 146 valence electrons. The van der Waals surface area contributed by atoms with Gasteiger partial charge in [0, 0.05) is 0 Å². The van der Waals surface area contributed by atoms with Crippen molar-refractivity contribution in [2.24, 2.45) is 11.8 Å². The summed E-state index contributed by atoms with van der Waals surface area (Å²) in [4.78, 5) is 0. The molecule has 2 aliphatic carbocycles. The van der Waals surface area contributed by atoms with Crippen LogP contribution in [0.1, 0.15) is 87.3 Å². The van der Waals surface area contributed by atoms with Crippen molar-refractivity contribution >= 4 is 0 Å². The molecule has 1 heteroatoms. The minimum atomic E-state index is 0.732. The number of hydrogen-bond acceptors (Lipinski definition) is 1. The van der Waals surface area contributed by atoms with E-state index in [1.165, 1.54) is 75.3 Å². The largest absolute Gasteiger partial charge is 0.192 e. The molecule has 1 saturated carbocycles. The van der Waals surface area contributed by atoms with E-state index in [2.05, 4.69) is 43.3 Å². The Morgan fingerprint density at radius 2 is 1.75 bits per heavy atom. The molecule has 1 nitrogen and oxygen atoms in total. The topological polar surface area (TPSA) is 23.8 Å². The first-order valence-electron chi connectivity index (χ1n) is 11.4. The molecule has 0 aromatic heterocycles. The van der Waals surface area contributed by atoms with Gasteiger partial charge in [-0.15, -0.1) is 0 Å². The van der Waals surface area contributed by atoms with E-state index in [9.17, 15) is 0 Å². The molecule has 3 atom stereocenters. The van der Waals surface area contributed by atoms with Crippen LogP contribution in [0.3, 0.4) is 0 Å². The first kappa shape index (κ1) is 19.3. The third-order valence-corrected chi connectivity index (χ3v) is 7.23. The van der Waals surface area contributed by atoms with E-state index in [1.54, 1.807) is 11.1 Å². The third-order valence-electron chi connectivity index (χ3n) is 7.23. The predicted octanol–water partition coefficient (Wildman–Crippen LogP) is 7.64. The van der Waals surface area contributed by atoms with Crippen molar-refractivity contribution in [2.75, 3.05) is 0 Å². The van der Waals surface area contributed by atoms with Gasteiger partial charge < -0.3 is 0 Å². The zero-order valence-corrected chi connectivity index (χ0v) is 17.3. The van der Waals surface area contributed by atoms with E-state index in [4.69, 9.17) is 5.26 Å². The van der Waals surface area contributed by atoms with Gasteiger partial charge in [-0.05, 0) is 84.2 Å². The van der Waals surface area contributed by atoms with Gasteiger partial charge in [-0.2, -0.15) is 5.26 Å². The summed E-state index contributed by atoms with van der Waals surface area (Å²) in [6.45, 7) is 2.30. The average molecular weight is 372 g/mol. The maximum atomic E-state index is 9.01.